The van der Waals surface area contributed by atoms with Crippen LogP contribution in [0.25, 0.3) is 22.4 Å². The molecule has 1 aliphatic heterocycles. The van der Waals surface area contributed by atoms with E-state index < -0.39 is 0 Å². The normalized spacial score (nSPS) is 22.5. The summed E-state index contributed by atoms with van der Waals surface area (Å²) in [6, 6.07) is 6.31. The molecule has 29 heavy (non-hydrogen) atoms. The van der Waals surface area contributed by atoms with Gasteiger partial charge in [-0.25, -0.2) is 9.97 Å². The summed E-state index contributed by atoms with van der Waals surface area (Å²) in [4.78, 5) is 28.5. The van der Waals surface area contributed by atoms with Crippen molar-refractivity contribution in [1.82, 2.24) is 19.9 Å². The van der Waals surface area contributed by atoms with Crippen molar-refractivity contribution in [2.45, 2.75) is 32.2 Å². The van der Waals surface area contributed by atoms with E-state index in [1.54, 1.807) is 12.4 Å². The van der Waals surface area contributed by atoms with Gasteiger partial charge in [-0.05, 0) is 31.0 Å². The maximum atomic E-state index is 12.7. The van der Waals surface area contributed by atoms with E-state index in [2.05, 4.69) is 19.9 Å². The maximum absolute atomic E-state index is 12.7. The van der Waals surface area contributed by atoms with Gasteiger partial charge in [0, 0.05) is 55.7 Å². The number of aromatic nitrogens is 3. The Morgan fingerprint density at radius 2 is 2.00 bits per heavy atom. The second kappa shape index (κ2) is 7.65. The Kier molecular flexibility index (Phi) is 4.85. The van der Waals surface area contributed by atoms with Gasteiger partial charge in [-0.1, -0.05) is 0 Å². The van der Waals surface area contributed by atoms with E-state index in [4.69, 9.17) is 9.15 Å². The summed E-state index contributed by atoms with van der Waals surface area (Å²) in [5.74, 6) is 1.68. The average molecular weight is 392 g/mol. The largest absolute Gasteiger partial charge is 0.439 e. The molecule has 3 aromatic heterocycles. The molecular formula is C22H24N4O3. The van der Waals surface area contributed by atoms with Crippen LogP contribution in [0, 0.1) is 12.8 Å². The van der Waals surface area contributed by atoms with Crippen LogP contribution in [0.1, 0.15) is 24.4 Å². The lowest BCUT2D eigenvalue weighted by Crippen LogP contribution is -2.51. The van der Waals surface area contributed by atoms with E-state index >= 15 is 0 Å². The molecule has 0 atom stereocenters. The van der Waals surface area contributed by atoms with Gasteiger partial charge >= 0.3 is 0 Å². The monoisotopic (exact) mass is 392 g/mol. The van der Waals surface area contributed by atoms with Crippen molar-refractivity contribution < 1.29 is 13.9 Å². The fourth-order valence-electron chi connectivity index (χ4n) is 4.19. The summed E-state index contributed by atoms with van der Waals surface area (Å²) in [5.41, 5.74) is 2.32. The Labute approximate surface area is 169 Å². The standard InChI is InChI=1S/C22H24N4O3/c1-14-23-13-22(29-14)19-3-2-15-12-24-17(10-20(15)25-19)11-21(27)16-8-18(9-16)26-4-6-28-7-5-26/h2-3,10,12-13,16,18H,4-9,11H2,1H3. The molecule has 2 fully saturated rings. The predicted octanol–water partition coefficient (Wildman–Crippen LogP) is 2.82. The van der Waals surface area contributed by atoms with Gasteiger partial charge in [0.05, 0.1) is 24.9 Å². The third kappa shape index (κ3) is 3.80. The zero-order valence-electron chi connectivity index (χ0n) is 16.5. The Hall–Kier alpha value is -2.64. The average Bonchev–Trinajstić information content (AvgIpc) is 3.13. The molecule has 150 valence electrons. The number of carbonyl (C=O) groups excluding carboxylic acids is 1. The fourth-order valence-corrected chi connectivity index (χ4v) is 4.19. The summed E-state index contributed by atoms with van der Waals surface area (Å²) in [7, 11) is 0. The number of oxazole rings is 1. The Balaban J connectivity index is 1.26. The van der Waals surface area contributed by atoms with Crippen LogP contribution in [0.5, 0.6) is 0 Å². The molecule has 0 amide bonds. The molecule has 1 saturated heterocycles. The number of pyridine rings is 2. The zero-order chi connectivity index (χ0) is 19.8. The van der Waals surface area contributed by atoms with E-state index in [0.717, 1.165) is 61.4 Å². The molecule has 5 rings (SSSR count). The van der Waals surface area contributed by atoms with E-state index in [9.17, 15) is 4.79 Å². The van der Waals surface area contributed by atoms with Crippen LogP contribution < -0.4 is 0 Å². The number of Topliss-reactive ketones (excluding diaryl/α,β-unsaturated/α-hetero) is 1. The van der Waals surface area contributed by atoms with Crippen LogP contribution in [-0.4, -0.2) is 58.0 Å². The van der Waals surface area contributed by atoms with Crippen molar-refractivity contribution in [1.29, 1.82) is 0 Å². The number of aryl methyl sites for hydroxylation is 1. The third-order valence-corrected chi connectivity index (χ3v) is 5.99. The first-order valence-corrected chi connectivity index (χ1v) is 10.2. The highest BCUT2D eigenvalue weighted by molar-refractivity contribution is 5.86. The minimum atomic E-state index is 0.150. The molecule has 3 aromatic rings. The second-order valence-electron chi connectivity index (χ2n) is 7.92. The maximum Gasteiger partial charge on any atom is 0.191 e. The van der Waals surface area contributed by atoms with Crippen molar-refractivity contribution in [3.63, 3.8) is 0 Å². The summed E-state index contributed by atoms with van der Waals surface area (Å²) < 4.78 is 11.0. The molecule has 7 nitrogen and oxygen atoms in total. The lowest BCUT2D eigenvalue weighted by molar-refractivity contribution is -0.127. The third-order valence-electron chi connectivity index (χ3n) is 5.99. The smallest absolute Gasteiger partial charge is 0.191 e. The molecule has 0 N–H and O–H groups in total. The van der Waals surface area contributed by atoms with Gasteiger partial charge in [0.1, 0.15) is 11.5 Å². The number of ether oxygens (including phenoxy) is 1. The van der Waals surface area contributed by atoms with Crippen molar-refractivity contribution in [3.05, 3.63) is 42.2 Å². The van der Waals surface area contributed by atoms with Crippen LogP contribution in [0.2, 0.25) is 0 Å². The molecule has 0 spiro atoms. The van der Waals surface area contributed by atoms with Gasteiger partial charge in [-0.3, -0.25) is 14.7 Å². The van der Waals surface area contributed by atoms with E-state index in [1.807, 2.05) is 25.1 Å². The number of nitrogens with zero attached hydrogens (tertiary/aromatic N) is 4. The number of carbonyl (C=O) groups is 1. The first-order valence-electron chi connectivity index (χ1n) is 10.2. The lowest BCUT2D eigenvalue weighted by atomic mass is 9.75. The minimum absolute atomic E-state index is 0.150. The van der Waals surface area contributed by atoms with Crippen LogP contribution in [-0.2, 0) is 16.0 Å². The van der Waals surface area contributed by atoms with Crippen LogP contribution in [0.4, 0.5) is 0 Å². The summed E-state index contributed by atoms with van der Waals surface area (Å²) in [5, 5.41) is 0.942. The van der Waals surface area contributed by atoms with Gasteiger partial charge in [-0.2, -0.15) is 0 Å². The van der Waals surface area contributed by atoms with Gasteiger partial charge in [0.15, 0.2) is 11.7 Å². The summed E-state index contributed by atoms with van der Waals surface area (Å²) >= 11 is 0. The molecule has 1 aliphatic carbocycles. The number of hydrogen-bond donors (Lipinski definition) is 0. The SMILES string of the molecule is Cc1ncc(-c2ccc3cnc(CC(=O)C4CC(N5CCOCC5)C4)cc3n2)o1. The summed E-state index contributed by atoms with van der Waals surface area (Å²) in [6.45, 7) is 5.38. The number of hydrogen-bond acceptors (Lipinski definition) is 7. The highest BCUT2D eigenvalue weighted by atomic mass is 16.5. The van der Waals surface area contributed by atoms with Crippen molar-refractivity contribution in [2.24, 2.45) is 5.92 Å². The Morgan fingerprint density at radius 3 is 2.76 bits per heavy atom. The van der Waals surface area contributed by atoms with E-state index in [-0.39, 0.29) is 11.7 Å². The molecule has 0 bridgehead atoms. The number of ketones is 1. The molecule has 0 unspecified atom stereocenters. The predicted molar refractivity (Wildman–Crippen MR) is 107 cm³/mol. The zero-order valence-corrected chi connectivity index (χ0v) is 16.5. The molecule has 7 heteroatoms. The Morgan fingerprint density at radius 1 is 1.17 bits per heavy atom. The van der Waals surface area contributed by atoms with Gasteiger partial charge in [0.2, 0.25) is 0 Å². The number of rotatable bonds is 5. The fraction of sp³-hybridized carbons (Fsp3) is 0.455. The molecule has 0 radical (unpaired) electrons. The second-order valence-corrected chi connectivity index (χ2v) is 7.92. The van der Waals surface area contributed by atoms with Crippen molar-refractivity contribution in [2.75, 3.05) is 26.3 Å². The van der Waals surface area contributed by atoms with Gasteiger partial charge in [-0.15, -0.1) is 0 Å². The molecule has 0 aromatic carbocycles. The minimum Gasteiger partial charge on any atom is -0.439 e. The van der Waals surface area contributed by atoms with Crippen molar-refractivity contribution >= 4 is 16.7 Å². The first kappa shape index (κ1) is 18.4. The first-order chi connectivity index (χ1) is 14.2. The molecule has 4 heterocycles. The van der Waals surface area contributed by atoms with Crippen LogP contribution >= 0.6 is 0 Å². The van der Waals surface area contributed by atoms with Gasteiger partial charge in [0.25, 0.3) is 0 Å². The number of fused-ring (bicyclic) bond motifs is 1. The van der Waals surface area contributed by atoms with E-state index in [1.165, 1.54) is 0 Å². The topological polar surface area (TPSA) is 81.4 Å². The quantitative estimate of drug-likeness (QED) is 0.660. The van der Waals surface area contributed by atoms with Crippen molar-refractivity contribution in [3.8, 4) is 11.5 Å². The molecule has 1 saturated carbocycles. The van der Waals surface area contributed by atoms with Crippen LogP contribution in [0.15, 0.2) is 35.0 Å². The number of morpholine rings is 1. The molecular weight excluding hydrogens is 368 g/mol. The summed E-state index contributed by atoms with van der Waals surface area (Å²) in [6.07, 6.45) is 5.75. The highest BCUT2D eigenvalue weighted by Crippen LogP contribution is 2.33. The van der Waals surface area contributed by atoms with Crippen LogP contribution in [0.3, 0.4) is 0 Å². The highest BCUT2D eigenvalue weighted by Gasteiger charge is 2.38. The Bertz CT molecular complexity index is 1040. The van der Waals surface area contributed by atoms with E-state index in [0.29, 0.717) is 24.1 Å². The van der Waals surface area contributed by atoms with Gasteiger partial charge < -0.3 is 9.15 Å². The lowest BCUT2D eigenvalue weighted by Gasteiger charge is -2.43. The molecule has 2 aliphatic rings.